The number of nitrogens with zero attached hydrogens (tertiary/aromatic N) is 2. The second kappa shape index (κ2) is 10.8. The van der Waals surface area contributed by atoms with Crippen LogP contribution in [-0.4, -0.2) is 45.9 Å². The molecule has 0 fully saturated rings. The second-order valence-corrected chi connectivity index (χ2v) is 9.64. The minimum atomic E-state index is -4.05. The van der Waals surface area contributed by atoms with Crippen molar-refractivity contribution < 1.29 is 22.3 Å². The van der Waals surface area contributed by atoms with Gasteiger partial charge in [-0.25, -0.2) is 12.8 Å². The third-order valence-electron chi connectivity index (χ3n) is 5.15. The number of amides is 1. The largest absolute Gasteiger partial charge is 0.495 e. The van der Waals surface area contributed by atoms with Crippen LogP contribution < -0.4 is 9.64 Å². The van der Waals surface area contributed by atoms with Crippen LogP contribution in [0, 0.1) is 5.82 Å². The molecule has 9 heteroatoms. The summed E-state index contributed by atoms with van der Waals surface area (Å²) in [7, 11) is -1.10. The van der Waals surface area contributed by atoms with Gasteiger partial charge in [0.15, 0.2) is 0 Å². The molecule has 3 rings (SSSR count). The second-order valence-electron chi connectivity index (χ2n) is 7.30. The van der Waals surface area contributed by atoms with Gasteiger partial charge in [-0.2, -0.15) is 4.31 Å². The molecular formula is C24H24ClFN2O4S. The van der Waals surface area contributed by atoms with Crippen LogP contribution in [0.2, 0.25) is 5.02 Å². The van der Waals surface area contributed by atoms with Crippen molar-refractivity contribution in [1.29, 1.82) is 0 Å². The molecule has 33 heavy (non-hydrogen) atoms. The number of anilines is 1. The summed E-state index contributed by atoms with van der Waals surface area (Å²) in [5, 5.41) is 0.149. The highest BCUT2D eigenvalue weighted by molar-refractivity contribution is 7.89. The van der Waals surface area contributed by atoms with E-state index in [2.05, 4.69) is 0 Å². The fraction of sp³-hybridized carbons (Fsp3) is 0.208. The highest BCUT2D eigenvalue weighted by Gasteiger charge is 2.28. The van der Waals surface area contributed by atoms with E-state index in [-0.39, 0.29) is 16.5 Å². The first kappa shape index (κ1) is 24.7. The quantitative estimate of drug-likeness (QED) is 0.446. The van der Waals surface area contributed by atoms with Crippen LogP contribution in [-0.2, 0) is 21.2 Å². The predicted molar refractivity (Wildman–Crippen MR) is 127 cm³/mol. The number of benzene rings is 3. The van der Waals surface area contributed by atoms with Gasteiger partial charge in [-0.1, -0.05) is 41.9 Å². The Morgan fingerprint density at radius 1 is 1.03 bits per heavy atom. The number of carbonyl (C=O) groups is 1. The van der Waals surface area contributed by atoms with Crippen LogP contribution in [0.5, 0.6) is 5.75 Å². The Bertz CT molecular complexity index is 1200. The van der Waals surface area contributed by atoms with Gasteiger partial charge in [0.1, 0.15) is 11.6 Å². The lowest BCUT2D eigenvalue weighted by atomic mass is 10.1. The molecule has 0 radical (unpaired) electrons. The number of halogens is 2. The average Bonchev–Trinajstić information content (AvgIpc) is 2.82. The lowest BCUT2D eigenvalue weighted by molar-refractivity contribution is -0.118. The molecule has 0 aliphatic heterocycles. The zero-order valence-electron chi connectivity index (χ0n) is 18.2. The Labute approximate surface area is 198 Å². The minimum absolute atomic E-state index is 0.0430. The van der Waals surface area contributed by atoms with Gasteiger partial charge in [-0.3, -0.25) is 4.79 Å². The third-order valence-corrected chi connectivity index (χ3v) is 7.29. The van der Waals surface area contributed by atoms with E-state index < -0.39 is 28.3 Å². The molecule has 0 aliphatic rings. The molecule has 6 nitrogen and oxygen atoms in total. The van der Waals surface area contributed by atoms with Crippen molar-refractivity contribution >= 4 is 33.2 Å². The number of carbonyl (C=O) groups excluding carboxylic acids is 1. The van der Waals surface area contributed by atoms with Crippen LogP contribution in [0.15, 0.2) is 77.7 Å². The topological polar surface area (TPSA) is 66.9 Å². The first-order valence-electron chi connectivity index (χ1n) is 10.1. The highest BCUT2D eigenvalue weighted by atomic mass is 35.5. The first-order valence-corrected chi connectivity index (χ1v) is 11.9. The summed E-state index contributed by atoms with van der Waals surface area (Å²) in [6.45, 7) is -0.314. The Kier molecular flexibility index (Phi) is 8.07. The van der Waals surface area contributed by atoms with Gasteiger partial charge in [0, 0.05) is 19.3 Å². The fourth-order valence-corrected chi connectivity index (χ4v) is 4.94. The van der Waals surface area contributed by atoms with Gasteiger partial charge in [0.2, 0.25) is 15.9 Å². The summed E-state index contributed by atoms with van der Waals surface area (Å²) in [6, 6.07) is 18.9. The fourth-order valence-electron chi connectivity index (χ4n) is 3.20. The highest BCUT2D eigenvalue weighted by Crippen LogP contribution is 2.28. The van der Waals surface area contributed by atoms with Gasteiger partial charge in [0.05, 0.1) is 23.6 Å². The van der Waals surface area contributed by atoms with Crippen molar-refractivity contribution in [3.05, 3.63) is 89.2 Å². The third kappa shape index (κ3) is 6.10. The van der Waals surface area contributed by atoms with E-state index in [1.54, 1.807) is 0 Å². The molecular weight excluding hydrogens is 467 g/mol. The Balaban J connectivity index is 1.88. The number of rotatable bonds is 9. The number of methoxy groups -OCH3 is 1. The maximum absolute atomic E-state index is 13.5. The summed E-state index contributed by atoms with van der Waals surface area (Å²) in [4.78, 5) is 14.2. The van der Waals surface area contributed by atoms with Crippen molar-refractivity contribution in [3.63, 3.8) is 0 Å². The molecule has 0 bridgehead atoms. The molecule has 0 atom stereocenters. The first-order chi connectivity index (χ1) is 15.7. The van der Waals surface area contributed by atoms with Gasteiger partial charge >= 0.3 is 0 Å². The zero-order valence-corrected chi connectivity index (χ0v) is 19.8. The van der Waals surface area contributed by atoms with E-state index >= 15 is 0 Å². The molecule has 1 amide bonds. The molecule has 0 aliphatic carbocycles. The van der Waals surface area contributed by atoms with Crippen molar-refractivity contribution in [2.75, 3.05) is 32.1 Å². The Hall–Kier alpha value is -2.94. The van der Waals surface area contributed by atoms with Crippen LogP contribution in [0.1, 0.15) is 5.56 Å². The molecule has 0 saturated carbocycles. The number of likely N-dealkylation sites (N-methyl/N-ethyl adjacent to an activating group) is 1. The van der Waals surface area contributed by atoms with Crippen molar-refractivity contribution in [3.8, 4) is 5.75 Å². The van der Waals surface area contributed by atoms with Crippen LogP contribution >= 0.6 is 11.6 Å². The lowest BCUT2D eigenvalue weighted by Crippen LogP contribution is -2.42. The Morgan fingerprint density at radius 3 is 2.30 bits per heavy atom. The summed E-state index contributed by atoms with van der Waals surface area (Å²) in [5.41, 5.74) is 1.39. The van der Waals surface area contributed by atoms with Gasteiger partial charge in [-0.05, 0) is 54.4 Å². The number of ether oxygens (including phenoxy) is 1. The van der Waals surface area contributed by atoms with E-state index in [4.69, 9.17) is 16.3 Å². The summed E-state index contributed by atoms with van der Waals surface area (Å²) in [6.07, 6.45) is 0.414. The maximum atomic E-state index is 13.5. The van der Waals surface area contributed by atoms with E-state index in [1.807, 2.05) is 30.3 Å². The van der Waals surface area contributed by atoms with Gasteiger partial charge in [0.25, 0.3) is 0 Å². The molecule has 0 spiro atoms. The van der Waals surface area contributed by atoms with Crippen LogP contribution in [0.3, 0.4) is 0 Å². The SMILES string of the molecule is COc1ccc(S(=O)(=O)N(CCc2ccccc2)CC(=O)N(C)c2ccc(F)cc2)cc1Cl. The molecule has 0 unspecified atom stereocenters. The predicted octanol–water partition coefficient (Wildman–Crippen LogP) is 4.38. The number of hydrogen-bond acceptors (Lipinski definition) is 4. The molecule has 0 aromatic heterocycles. The maximum Gasteiger partial charge on any atom is 0.243 e. The van der Waals surface area contributed by atoms with Gasteiger partial charge < -0.3 is 9.64 Å². The van der Waals surface area contributed by atoms with Crippen molar-refractivity contribution in [1.82, 2.24) is 4.31 Å². The summed E-state index contributed by atoms with van der Waals surface area (Å²) in [5.74, 6) is -0.542. The molecule has 3 aromatic rings. The number of sulfonamides is 1. The molecule has 0 heterocycles. The molecule has 174 valence electrons. The molecule has 0 N–H and O–H groups in total. The van der Waals surface area contributed by atoms with E-state index in [1.165, 1.54) is 61.5 Å². The summed E-state index contributed by atoms with van der Waals surface area (Å²) < 4.78 is 46.4. The standard InChI is InChI=1S/C24H24ClFN2O4S/c1-27(20-10-8-19(26)9-11-20)24(29)17-28(15-14-18-6-4-3-5-7-18)33(30,31)21-12-13-23(32-2)22(25)16-21/h3-13,16H,14-15,17H2,1-2H3. The van der Waals surface area contributed by atoms with Gasteiger partial charge in [-0.15, -0.1) is 0 Å². The smallest absolute Gasteiger partial charge is 0.243 e. The Morgan fingerprint density at radius 2 is 1.70 bits per heavy atom. The van der Waals surface area contributed by atoms with Crippen LogP contribution in [0.25, 0.3) is 0 Å². The molecule has 0 saturated heterocycles. The van der Waals surface area contributed by atoms with Crippen LogP contribution in [0.4, 0.5) is 10.1 Å². The molecule has 3 aromatic carbocycles. The van der Waals surface area contributed by atoms with E-state index in [0.717, 1.165) is 9.87 Å². The van der Waals surface area contributed by atoms with E-state index in [9.17, 15) is 17.6 Å². The zero-order chi connectivity index (χ0) is 24.0. The minimum Gasteiger partial charge on any atom is -0.495 e. The normalized spacial score (nSPS) is 11.4. The summed E-state index contributed by atoms with van der Waals surface area (Å²) >= 11 is 6.15. The van der Waals surface area contributed by atoms with E-state index in [0.29, 0.717) is 17.9 Å². The monoisotopic (exact) mass is 490 g/mol. The number of hydrogen-bond donors (Lipinski definition) is 0. The van der Waals surface area contributed by atoms with Crippen molar-refractivity contribution in [2.24, 2.45) is 0 Å². The van der Waals surface area contributed by atoms with Crippen molar-refractivity contribution in [2.45, 2.75) is 11.3 Å². The lowest BCUT2D eigenvalue weighted by Gasteiger charge is -2.25. The average molecular weight is 491 g/mol.